The maximum atomic E-state index is 5.84. The van der Waals surface area contributed by atoms with Gasteiger partial charge in [-0.2, -0.15) is 0 Å². The van der Waals surface area contributed by atoms with Crippen molar-refractivity contribution in [2.75, 3.05) is 20.2 Å². The average molecular weight is 211 g/mol. The zero-order valence-electron chi connectivity index (χ0n) is 10.1. The van der Waals surface area contributed by atoms with Crippen LogP contribution in [0.4, 0.5) is 0 Å². The van der Waals surface area contributed by atoms with Crippen LogP contribution in [0.15, 0.2) is 0 Å². The molecule has 2 aliphatic rings. The molecular weight excluding hydrogens is 186 g/mol. The quantitative estimate of drug-likeness (QED) is 0.775. The van der Waals surface area contributed by atoms with E-state index in [1.54, 1.807) is 0 Å². The van der Waals surface area contributed by atoms with Crippen LogP contribution in [0.5, 0.6) is 0 Å². The second kappa shape index (κ2) is 5.31. The molecule has 2 fully saturated rings. The molecule has 0 bridgehead atoms. The minimum Gasteiger partial charge on any atom is -0.378 e. The monoisotopic (exact) mass is 211 g/mol. The third-order valence-electron chi connectivity index (χ3n) is 4.33. The van der Waals surface area contributed by atoms with Crippen LogP contribution in [0.3, 0.4) is 0 Å². The molecule has 0 unspecified atom stereocenters. The molecule has 0 spiro atoms. The van der Waals surface area contributed by atoms with Crippen molar-refractivity contribution in [2.45, 2.75) is 57.0 Å². The van der Waals surface area contributed by atoms with Crippen molar-refractivity contribution in [1.29, 1.82) is 0 Å². The van der Waals surface area contributed by atoms with Gasteiger partial charge in [0.15, 0.2) is 0 Å². The Kier molecular flexibility index (Phi) is 4.04. The number of ether oxygens (including phenoxy) is 1. The van der Waals surface area contributed by atoms with Gasteiger partial charge < -0.3 is 10.1 Å². The van der Waals surface area contributed by atoms with Crippen LogP contribution >= 0.6 is 0 Å². The van der Waals surface area contributed by atoms with Gasteiger partial charge in [0.1, 0.15) is 0 Å². The molecule has 15 heavy (non-hydrogen) atoms. The molecule has 1 aliphatic heterocycles. The summed E-state index contributed by atoms with van der Waals surface area (Å²) in [5.74, 6) is 0.941. The Bertz CT molecular complexity index is 181. The number of nitrogens with one attached hydrogen (secondary N) is 1. The summed E-state index contributed by atoms with van der Waals surface area (Å²) >= 11 is 0. The smallest absolute Gasteiger partial charge is 0.0705 e. The SMILES string of the molecule is COC1(CC2CCCCC2)CCNCC1. The molecule has 0 aromatic heterocycles. The Morgan fingerprint density at radius 2 is 1.80 bits per heavy atom. The fourth-order valence-electron chi connectivity index (χ4n) is 3.29. The van der Waals surface area contributed by atoms with Gasteiger partial charge in [0.2, 0.25) is 0 Å². The van der Waals surface area contributed by atoms with Crippen molar-refractivity contribution < 1.29 is 4.74 Å². The summed E-state index contributed by atoms with van der Waals surface area (Å²) in [4.78, 5) is 0. The largest absolute Gasteiger partial charge is 0.378 e. The van der Waals surface area contributed by atoms with Gasteiger partial charge in [0, 0.05) is 7.11 Å². The van der Waals surface area contributed by atoms with Crippen LogP contribution in [0.2, 0.25) is 0 Å². The van der Waals surface area contributed by atoms with E-state index in [2.05, 4.69) is 5.32 Å². The highest BCUT2D eigenvalue weighted by Crippen LogP contribution is 2.36. The van der Waals surface area contributed by atoms with Crippen LogP contribution in [-0.4, -0.2) is 25.8 Å². The molecule has 1 aliphatic carbocycles. The number of rotatable bonds is 3. The van der Waals surface area contributed by atoms with E-state index in [-0.39, 0.29) is 5.60 Å². The van der Waals surface area contributed by atoms with Crippen LogP contribution in [0, 0.1) is 5.92 Å². The summed E-state index contributed by atoms with van der Waals surface area (Å²) in [6, 6.07) is 0. The second-order valence-corrected chi connectivity index (χ2v) is 5.35. The molecule has 2 heteroatoms. The van der Waals surface area contributed by atoms with E-state index < -0.39 is 0 Å². The molecule has 0 atom stereocenters. The lowest BCUT2D eigenvalue weighted by Crippen LogP contribution is -2.44. The van der Waals surface area contributed by atoms with E-state index in [4.69, 9.17) is 4.74 Å². The summed E-state index contributed by atoms with van der Waals surface area (Å²) < 4.78 is 5.84. The predicted molar refractivity (Wildman–Crippen MR) is 63.0 cm³/mol. The normalized spacial score (nSPS) is 27.8. The molecule has 1 N–H and O–H groups in total. The highest BCUT2D eigenvalue weighted by atomic mass is 16.5. The average Bonchev–Trinajstić information content (AvgIpc) is 2.32. The Balaban J connectivity index is 1.87. The maximum Gasteiger partial charge on any atom is 0.0705 e. The van der Waals surface area contributed by atoms with Crippen molar-refractivity contribution in [3.05, 3.63) is 0 Å². The van der Waals surface area contributed by atoms with Gasteiger partial charge in [-0.3, -0.25) is 0 Å². The van der Waals surface area contributed by atoms with Gasteiger partial charge in [-0.25, -0.2) is 0 Å². The van der Waals surface area contributed by atoms with E-state index in [1.807, 2.05) is 7.11 Å². The number of methoxy groups -OCH3 is 1. The van der Waals surface area contributed by atoms with Crippen LogP contribution < -0.4 is 5.32 Å². The van der Waals surface area contributed by atoms with E-state index in [1.165, 1.54) is 51.4 Å². The van der Waals surface area contributed by atoms with E-state index in [0.717, 1.165) is 19.0 Å². The predicted octanol–water partition coefficient (Wildman–Crippen LogP) is 2.73. The van der Waals surface area contributed by atoms with Crippen LogP contribution in [-0.2, 0) is 4.74 Å². The molecule has 1 saturated heterocycles. The topological polar surface area (TPSA) is 21.3 Å². The Hall–Kier alpha value is -0.0800. The van der Waals surface area contributed by atoms with Gasteiger partial charge in [-0.05, 0) is 38.3 Å². The molecule has 2 nitrogen and oxygen atoms in total. The fourth-order valence-corrected chi connectivity index (χ4v) is 3.29. The van der Waals surface area contributed by atoms with Crippen LogP contribution in [0.25, 0.3) is 0 Å². The molecule has 0 aromatic carbocycles. The number of piperidine rings is 1. The first kappa shape index (κ1) is 11.4. The molecule has 0 aromatic rings. The Morgan fingerprint density at radius 3 is 2.40 bits per heavy atom. The van der Waals surface area contributed by atoms with Crippen molar-refractivity contribution in [3.8, 4) is 0 Å². The van der Waals surface area contributed by atoms with Crippen molar-refractivity contribution >= 4 is 0 Å². The Labute approximate surface area is 93.8 Å². The van der Waals surface area contributed by atoms with Gasteiger partial charge in [-0.15, -0.1) is 0 Å². The first-order valence-electron chi connectivity index (χ1n) is 6.60. The third kappa shape index (κ3) is 2.94. The summed E-state index contributed by atoms with van der Waals surface area (Å²) in [6.45, 7) is 2.28. The molecule has 0 radical (unpaired) electrons. The molecule has 88 valence electrons. The lowest BCUT2D eigenvalue weighted by atomic mass is 9.77. The third-order valence-corrected chi connectivity index (χ3v) is 4.33. The highest BCUT2D eigenvalue weighted by Gasteiger charge is 2.34. The second-order valence-electron chi connectivity index (χ2n) is 5.35. The summed E-state index contributed by atoms with van der Waals surface area (Å²) in [6.07, 6.45) is 11.0. The highest BCUT2D eigenvalue weighted by molar-refractivity contribution is 4.88. The summed E-state index contributed by atoms with van der Waals surface area (Å²) in [7, 11) is 1.91. The molecular formula is C13H25NO. The van der Waals surface area contributed by atoms with Crippen molar-refractivity contribution in [2.24, 2.45) is 5.92 Å². The first-order chi connectivity index (χ1) is 7.35. The Morgan fingerprint density at radius 1 is 1.13 bits per heavy atom. The van der Waals surface area contributed by atoms with Crippen LogP contribution in [0.1, 0.15) is 51.4 Å². The lowest BCUT2D eigenvalue weighted by molar-refractivity contribution is -0.0546. The fraction of sp³-hybridized carbons (Fsp3) is 1.00. The molecule has 0 amide bonds. The van der Waals surface area contributed by atoms with E-state index in [0.29, 0.717) is 0 Å². The molecule has 2 rings (SSSR count). The van der Waals surface area contributed by atoms with Gasteiger partial charge >= 0.3 is 0 Å². The van der Waals surface area contributed by atoms with Gasteiger partial charge in [0.25, 0.3) is 0 Å². The van der Waals surface area contributed by atoms with Crippen molar-refractivity contribution in [3.63, 3.8) is 0 Å². The number of hydrogen-bond acceptors (Lipinski definition) is 2. The van der Waals surface area contributed by atoms with Gasteiger partial charge in [-0.1, -0.05) is 32.1 Å². The van der Waals surface area contributed by atoms with Gasteiger partial charge in [0.05, 0.1) is 5.60 Å². The van der Waals surface area contributed by atoms with E-state index >= 15 is 0 Å². The van der Waals surface area contributed by atoms with E-state index in [9.17, 15) is 0 Å². The molecule has 1 saturated carbocycles. The first-order valence-corrected chi connectivity index (χ1v) is 6.60. The summed E-state index contributed by atoms with van der Waals surface area (Å²) in [5.41, 5.74) is 0.216. The minimum atomic E-state index is 0.216. The maximum absolute atomic E-state index is 5.84. The minimum absolute atomic E-state index is 0.216. The zero-order chi connectivity index (χ0) is 10.6. The zero-order valence-corrected chi connectivity index (χ0v) is 10.1. The standard InChI is InChI=1S/C13H25NO/c1-15-13(7-9-14-10-8-13)11-12-5-3-2-4-6-12/h12,14H,2-11H2,1H3. The number of hydrogen-bond donors (Lipinski definition) is 1. The molecule has 1 heterocycles. The lowest BCUT2D eigenvalue weighted by Gasteiger charge is -2.40. The summed E-state index contributed by atoms with van der Waals surface area (Å²) in [5, 5.41) is 3.43. The van der Waals surface area contributed by atoms with Crippen molar-refractivity contribution in [1.82, 2.24) is 5.32 Å².